The first-order valence-corrected chi connectivity index (χ1v) is 11.4. The summed E-state index contributed by atoms with van der Waals surface area (Å²) in [4.78, 5) is 8.89. The minimum absolute atomic E-state index is 0.381. The fraction of sp³-hybridized carbons (Fsp3) is 0.308. The summed E-state index contributed by atoms with van der Waals surface area (Å²) in [7, 11) is 0. The average Bonchev–Trinajstić information content (AvgIpc) is 2.84. The highest BCUT2D eigenvalue weighted by Gasteiger charge is 2.10. The molecule has 2 N–H and O–H groups in total. The summed E-state index contributed by atoms with van der Waals surface area (Å²) < 4.78 is 31.8. The van der Waals surface area contributed by atoms with E-state index in [1.807, 2.05) is 30.4 Å². The molecule has 0 saturated heterocycles. The van der Waals surface area contributed by atoms with Gasteiger partial charge in [0.2, 0.25) is 5.95 Å². The molecule has 4 rings (SSSR count). The van der Waals surface area contributed by atoms with Gasteiger partial charge < -0.3 is 24.8 Å². The molecule has 8 heteroatoms. The smallest absolute Gasteiger partial charge is 0.227 e. The SMILES string of the molecule is CCNCCOc1ccc2cc1COC/C=C/CCOc1cc(F)cc(c1)-c1ccnc(n1)N2. The second kappa shape index (κ2) is 12.1. The van der Waals surface area contributed by atoms with Crippen LogP contribution >= 0.6 is 0 Å². The van der Waals surface area contributed by atoms with Gasteiger partial charge >= 0.3 is 0 Å². The Kier molecular flexibility index (Phi) is 8.43. The molecule has 1 aliphatic rings. The third kappa shape index (κ3) is 6.76. The lowest BCUT2D eigenvalue weighted by Gasteiger charge is -2.14. The van der Waals surface area contributed by atoms with Crippen LogP contribution in [0, 0.1) is 5.82 Å². The highest BCUT2D eigenvalue weighted by Crippen LogP contribution is 2.28. The van der Waals surface area contributed by atoms with E-state index >= 15 is 0 Å². The van der Waals surface area contributed by atoms with E-state index in [4.69, 9.17) is 14.2 Å². The van der Waals surface area contributed by atoms with Crippen molar-refractivity contribution in [1.29, 1.82) is 0 Å². The number of nitrogens with one attached hydrogen (secondary N) is 2. The van der Waals surface area contributed by atoms with Crippen LogP contribution in [-0.4, -0.2) is 42.9 Å². The Hall–Kier alpha value is -3.49. The molecule has 0 unspecified atom stereocenters. The van der Waals surface area contributed by atoms with Crippen molar-refractivity contribution in [3.8, 4) is 22.8 Å². The van der Waals surface area contributed by atoms with Crippen LogP contribution in [-0.2, 0) is 11.3 Å². The number of anilines is 2. The van der Waals surface area contributed by atoms with Crippen LogP contribution in [0.3, 0.4) is 0 Å². The molecule has 178 valence electrons. The van der Waals surface area contributed by atoms with Crippen molar-refractivity contribution < 1.29 is 18.6 Å². The first kappa shape index (κ1) is 23.7. The minimum atomic E-state index is -0.381. The lowest BCUT2D eigenvalue weighted by atomic mass is 10.1. The number of rotatable bonds is 5. The Labute approximate surface area is 199 Å². The van der Waals surface area contributed by atoms with Gasteiger partial charge in [-0.1, -0.05) is 19.1 Å². The summed E-state index contributed by atoms with van der Waals surface area (Å²) in [5.74, 6) is 1.26. The molecule has 0 radical (unpaired) electrons. The van der Waals surface area contributed by atoms with E-state index in [1.54, 1.807) is 18.3 Å². The van der Waals surface area contributed by atoms with Crippen molar-refractivity contribution >= 4 is 11.6 Å². The highest BCUT2D eigenvalue weighted by molar-refractivity contribution is 5.64. The van der Waals surface area contributed by atoms with E-state index in [9.17, 15) is 4.39 Å². The molecule has 1 aliphatic heterocycles. The van der Waals surface area contributed by atoms with Crippen molar-refractivity contribution in [2.24, 2.45) is 0 Å². The first-order valence-electron chi connectivity index (χ1n) is 11.4. The maximum atomic E-state index is 14.2. The molecule has 7 nitrogen and oxygen atoms in total. The highest BCUT2D eigenvalue weighted by atomic mass is 19.1. The third-order valence-electron chi connectivity index (χ3n) is 5.12. The second-order valence-electron chi connectivity index (χ2n) is 7.71. The van der Waals surface area contributed by atoms with E-state index in [0.29, 0.717) is 55.8 Å². The van der Waals surface area contributed by atoms with E-state index in [0.717, 1.165) is 30.1 Å². The van der Waals surface area contributed by atoms with Gasteiger partial charge in [0.1, 0.15) is 23.9 Å². The Morgan fingerprint density at radius 2 is 2.09 bits per heavy atom. The van der Waals surface area contributed by atoms with Crippen LogP contribution in [0.1, 0.15) is 18.9 Å². The fourth-order valence-corrected chi connectivity index (χ4v) is 3.49. The van der Waals surface area contributed by atoms with E-state index < -0.39 is 0 Å². The molecule has 0 spiro atoms. The van der Waals surface area contributed by atoms with Gasteiger partial charge in [0, 0.05) is 35.6 Å². The Morgan fingerprint density at radius 3 is 3.00 bits per heavy atom. The van der Waals surface area contributed by atoms with E-state index in [2.05, 4.69) is 27.5 Å². The molecule has 34 heavy (non-hydrogen) atoms. The van der Waals surface area contributed by atoms with Crippen molar-refractivity contribution in [3.63, 3.8) is 0 Å². The summed E-state index contributed by atoms with van der Waals surface area (Å²) in [6.07, 6.45) is 6.27. The number of benzene rings is 2. The first-order chi connectivity index (χ1) is 16.7. The molecule has 3 aromatic rings. The number of likely N-dealkylation sites (N-methyl/N-ethyl adjacent to an activating group) is 1. The van der Waals surface area contributed by atoms with Crippen molar-refractivity contribution in [2.45, 2.75) is 20.0 Å². The molecule has 2 aromatic carbocycles. The van der Waals surface area contributed by atoms with Gasteiger partial charge in [0.05, 0.1) is 25.5 Å². The fourth-order valence-electron chi connectivity index (χ4n) is 3.49. The molecule has 0 fully saturated rings. The summed E-state index contributed by atoms with van der Waals surface area (Å²) in [6, 6.07) is 12.1. The van der Waals surface area contributed by atoms with Crippen molar-refractivity contribution in [3.05, 3.63) is 72.2 Å². The van der Waals surface area contributed by atoms with Crippen molar-refractivity contribution in [1.82, 2.24) is 15.3 Å². The zero-order chi connectivity index (χ0) is 23.6. The van der Waals surface area contributed by atoms with Gasteiger partial charge in [-0.25, -0.2) is 14.4 Å². The van der Waals surface area contributed by atoms with E-state index in [1.165, 1.54) is 12.1 Å². The number of ether oxygens (including phenoxy) is 3. The largest absolute Gasteiger partial charge is 0.493 e. The predicted octanol–water partition coefficient (Wildman–Crippen LogP) is 4.87. The lowest BCUT2D eigenvalue weighted by molar-refractivity contribution is 0.145. The lowest BCUT2D eigenvalue weighted by Crippen LogP contribution is -2.20. The minimum Gasteiger partial charge on any atom is -0.493 e. The van der Waals surface area contributed by atoms with Crippen LogP contribution in [0.25, 0.3) is 11.3 Å². The number of halogens is 1. The normalized spacial score (nSPS) is 14.8. The number of nitrogens with zero attached hydrogens (tertiary/aromatic N) is 2. The maximum Gasteiger partial charge on any atom is 0.227 e. The quantitative estimate of drug-likeness (QED) is 0.412. The average molecular weight is 465 g/mol. The maximum absolute atomic E-state index is 14.2. The Balaban J connectivity index is 1.62. The third-order valence-corrected chi connectivity index (χ3v) is 5.12. The molecule has 0 aliphatic carbocycles. The van der Waals surface area contributed by atoms with Crippen LogP contribution in [0.2, 0.25) is 0 Å². The van der Waals surface area contributed by atoms with Gasteiger partial charge in [-0.2, -0.15) is 0 Å². The molecule has 2 heterocycles. The number of hydrogen-bond acceptors (Lipinski definition) is 7. The summed E-state index contributed by atoms with van der Waals surface area (Å²) in [5, 5.41) is 6.48. The Morgan fingerprint density at radius 1 is 1.15 bits per heavy atom. The molecule has 6 bridgehead atoms. The second-order valence-corrected chi connectivity index (χ2v) is 7.71. The van der Waals surface area contributed by atoms with Crippen LogP contribution in [0.4, 0.5) is 16.0 Å². The summed E-state index contributed by atoms with van der Waals surface area (Å²) >= 11 is 0. The topological polar surface area (TPSA) is 77.5 Å². The molecular formula is C26H29FN4O3. The van der Waals surface area contributed by atoms with Gasteiger partial charge in [0.25, 0.3) is 0 Å². The zero-order valence-electron chi connectivity index (χ0n) is 19.2. The molecule has 0 amide bonds. The number of fused-ring (bicyclic) bond motifs is 7. The standard InChI is InChI=1S/C26H29FN4O3/c1-2-28-10-13-34-25-7-6-22-15-20(25)18-32-11-4-3-5-12-33-23-16-19(14-21(27)17-23)24-8-9-29-26(30-22)31-24/h3-4,6-9,14-17,28H,2,5,10-13,18H2,1H3,(H,29,30,31)/b4-3+. The number of hydrogen-bond donors (Lipinski definition) is 2. The summed E-state index contributed by atoms with van der Waals surface area (Å²) in [6.45, 7) is 5.59. The molecule has 0 atom stereocenters. The summed E-state index contributed by atoms with van der Waals surface area (Å²) in [5.41, 5.74) is 2.94. The van der Waals surface area contributed by atoms with E-state index in [-0.39, 0.29) is 5.82 Å². The number of aromatic nitrogens is 2. The zero-order valence-corrected chi connectivity index (χ0v) is 19.2. The molecule has 1 aromatic heterocycles. The van der Waals surface area contributed by atoms with Crippen molar-refractivity contribution in [2.75, 3.05) is 38.2 Å². The predicted molar refractivity (Wildman–Crippen MR) is 130 cm³/mol. The monoisotopic (exact) mass is 464 g/mol. The van der Waals surface area contributed by atoms with Gasteiger partial charge in [-0.3, -0.25) is 0 Å². The van der Waals surface area contributed by atoms with Crippen LogP contribution < -0.4 is 20.1 Å². The van der Waals surface area contributed by atoms with Gasteiger partial charge in [-0.05, 0) is 49.4 Å². The molecular weight excluding hydrogens is 435 g/mol. The van der Waals surface area contributed by atoms with Crippen LogP contribution in [0.15, 0.2) is 60.8 Å². The van der Waals surface area contributed by atoms with Gasteiger partial charge in [-0.15, -0.1) is 0 Å². The van der Waals surface area contributed by atoms with Gasteiger partial charge in [0.15, 0.2) is 0 Å². The molecule has 0 saturated carbocycles. The van der Waals surface area contributed by atoms with Crippen LogP contribution in [0.5, 0.6) is 11.5 Å². The Bertz CT molecular complexity index is 1120.